The lowest BCUT2D eigenvalue weighted by atomic mass is 9.88. The highest BCUT2D eigenvalue weighted by molar-refractivity contribution is 6.31. The SMILES string of the molecule is COc1ccc(Cl)cc1NC(=O)CN(C)C(=O)C(C)OC1CCCC(C)C1. The second-order valence-electron chi connectivity index (χ2n) is 7.26. The molecule has 2 amide bonds. The van der Waals surface area contributed by atoms with Crippen LogP contribution in [-0.4, -0.2) is 49.6 Å². The first-order valence-corrected chi connectivity index (χ1v) is 9.71. The molecule has 0 aromatic heterocycles. The number of amides is 2. The fourth-order valence-corrected chi connectivity index (χ4v) is 3.59. The van der Waals surface area contributed by atoms with Crippen LogP contribution < -0.4 is 10.1 Å². The zero-order valence-corrected chi connectivity index (χ0v) is 17.2. The number of hydrogen-bond donors (Lipinski definition) is 1. The second-order valence-corrected chi connectivity index (χ2v) is 7.70. The molecular weight excluding hydrogens is 368 g/mol. The molecule has 27 heavy (non-hydrogen) atoms. The molecule has 1 aliphatic carbocycles. The van der Waals surface area contributed by atoms with Crippen molar-refractivity contribution in [2.24, 2.45) is 5.92 Å². The molecule has 7 heteroatoms. The van der Waals surface area contributed by atoms with Crippen molar-refractivity contribution in [2.75, 3.05) is 26.0 Å². The van der Waals surface area contributed by atoms with Gasteiger partial charge in [-0.1, -0.05) is 31.4 Å². The summed E-state index contributed by atoms with van der Waals surface area (Å²) in [6.07, 6.45) is 3.86. The van der Waals surface area contributed by atoms with Crippen LogP contribution in [0.15, 0.2) is 18.2 Å². The summed E-state index contributed by atoms with van der Waals surface area (Å²) in [7, 11) is 3.11. The molecule has 1 saturated carbocycles. The zero-order valence-electron chi connectivity index (χ0n) is 16.5. The molecule has 0 aliphatic heterocycles. The lowest BCUT2D eigenvalue weighted by Gasteiger charge is -2.30. The molecule has 0 bridgehead atoms. The van der Waals surface area contributed by atoms with Gasteiger partial charge in [0.15, 0.2) is 0 Å². The van der Waals surface area contributed by atoms with Crippen molar-refractivity contribution in [1.29, 1.82) is 0 Å². The molecule has 3 unspecified atom stereocenters. The number of ether oxygens (including phenoxy) is 2. The van der Waals surface area contributed by atoms with Crippen molar-refractivity contribution in [1.82, 2.24) is 4.90 Å². The van der Waals surface area contributed by atoms with Gasteiger partial charge >= 0.3 is 0 Å². The van der Waals surface area contributed by atoms with Gasteiger partial charge in [0.1, 0.15) is 11.9 Å². The van der Waals surface area contributed by atoms with Gasteiger partial charge in [0, 0.05) is 12.1 Å². The third-order valence-electron chi connectivity index (χ3n) is 4.83. The Kier molecular flexibility index (Phi) is 7.92. The number of halogens is 1. The number of likely N-dealkylation sites (N-methyl/N-ethyl adjacent to an activating group) is 1. The minimum atomic E-state index is -0.571. The van der Waals surface area contributed by atoms with Crippen LogP contribution in [0.25, 0.3) is 0 Å². The summed E-state index contributed by atoms with van der Waals surface area (Å²) in [5.74, 6) is 0.596. The topological polar surface area (TPSA) is 67.9 Å². The Morgan fingerprint density at radius 1 is 1.37 bits per heavy atom. The molecule has 0 spiro atoms. The highest BCUT2D eigenvalue weighted by Crippen LogP contribution is 2.28. The highest BCUT2D eigenvalue weighted by atomic mass is 35.5. The van der Waals surface area contributed by atoms with E-state index < -0.39 is 6.10 Å². The number of anilines is 1. The van der Waals surface area contributed by atoms with Gasteiger partial charge in [0.05, 0.1) is 25.4 Å². The van der Waals surface area contributed by atoms with E-state index in [-0.39, 0.29) is 24.5 Å². The Labute approximate surface area is 166 Å². The maximum Gasteiger partial charge on any atom is 0.251 e. The Morgan fingerprint density at radius 2 is 2.11 bits per heavy atom. The number of carbonyl (C=O) groups is 2. The van der Waals surface area contributed by atoms with Gasteiger partial charge in [-0.05, 0) is 43.9 Å². The number of nitrogens with zero attached hydrogens (tertiary/aromatic N) is 1. The highest BCUT2D eigenvalue weighted by Gasteiger charge is 2.26. The Hall–Kier alpha value is -1.79. The van der Waals surface area contributed by atoms with Gasteiger partial charge in [0.2, 0.25) is 5.91 Å². The van der Waals surface area contributed by atoms with Crippen molar-refractivity contribution >= 4 is 29.1 Å². The molecule has 0 heterocycles. The second kappa shape index (κ2) is 9.95. The molecule has 1 aromatic rings. The normalized spacial score (nSPS) is 20.6. The van der Waals surface area contributed by atoms with Crippen LogP contribution in [-0.2, 0) is 14.3 Å². The summed E-state index contributed by atoms with van der Waals surface area (Å²) in [4.78, 5) is 26.2. The van der Waals surface area contributed by atoms with E-state index in [0.29, 0.717) is 22.4 Å². The summed E-state index contributed by atoms with van der Waals surface area (Å²) < 4.78 is 11.1. The summed E-state index contributed by atoms with van der Waals surface area (Å²) >= 11 is 5.97. The summed E-state index contributed by atoms with van der Waals surface area (Å²) in [6, 6.07) is 4.96. The standard InChI is InChI=1S/C20H29ClN2O4/c1-13-6-5-7-16(10-13)27-14(2)20(25)23(3)12-19(24)22-17-11-15(21)8-9-18(17)26-4/h8-9,11,13-14,16H,5-7,10,12H2,1-4H3,(H,22,24). The Balaban J connectivity index is 1.87. The third-order valence-corrected chi connectivity index (χ3v) is 5.06. The van der Waals surface area contributed by atoms with Crippen LogP contribution in [0.1, 0.15) is 39.5 Å². The number of hydrogen-bond acceptors (Lipinski definition) is 4. The third kappa shape index (κ3) is 6.40. The van der Waals surface area contributed by atoms with Crippen molar-refractivity contribution < 1.29 is 19.1 Å². The molecule has 150 valence electrons. The summed E-state index contributed by atoms with van der Waals surface area (Å²) in [5.41, 5.74) is 0.469. The molecule has 6 nitrogen and oxygen atoms in total. The van der Waals surface area contributed by atoms with E-state index in [9.17, 15) is 9.59 Å². The maximum atomic E-state index is 12.5. The van der Waals surface area contributed by atoms with E-state index in [1.54, 1.807) is 32.2 Å². The first-order valence-electron chi connectivity index (χ1n) is 9.34. The largest absolute Gasteiger partial charge is 0.495 e. The monoisotopic (exact) mass is 396 g/mol. The van der Waals surface area contributed by atoms with Crippen molar-refractivity contribution in [2.45, 2.75) is 51.7 Å². The fraction of sp³-hybridized carbons (Fsp3) is 0.600. The minimum Gasteiger partial charge on any atom is -0.495 e. The smallest absolute Gasteiger partial charge is 0.251 e. The van der Waals surface area contributed by atoms with E-state index in [4.69, 9.17) is 21.1 Å². The Bertz CT molecular complexity index is 667. The lowest BCUT2D eigenvalue weighted by molar-refractivity contribution is -0.148. The summed E-state index contributed by atoms with van der Waals surface area (Å²) in [5, 5.41) is 3.22. The number of carbonyl (C=O) groups excluding carboxylic acids is 2. The lowest BCUT2D eigenvalue weighted by Crippen LogP contribution is -2.42. The average molecular weight is 397 g/mol. The quantitative estimate of drug-likeness (QED) is 0.762. The minimum absolute atomic E-state index is 0.0801. The van der Waals surface area contributed by atoms with E-state index in [0.717, 1.165) is 19.3 Å². The van der Waals surface area contributed by atoms with Crippen LogP contribution in [0.2, 0.25) is 5.02 Å². The molecule has 3 atom stereocenters. The van der Waals surface area contributed by atoms with Crippen LogP contribution in [0.3, 0.4) is 0 Å². The van der Waals surface area contributed by atoms with Crippen molar-refractivity contribution in [3.8, 4) is 5.75 Å². The van der Waals surface area contributed by atoms with Gasteiger partial charge in [-0.2, -0.15) is 0 Å². The number of rotatable bonds is 7. The summed E-state index contributed by atoms with van der Waals surface area (Å²) in [6.45, 7) is 3.88. The van der Waals surface area contributed by atoms with Crippen LogP contribution >= 0.6 is 11.6 Å². The molecule has 0 saturated heterocycles. The van der Waals surface area contributed by atoms with Gasteiger partial charge in [-0.25, -0.2) is 0 Å². The van der Waals surface area contributed by atoms with E-state index in [2.05, 4.69) is 12.2 Å². The van der Waals surface area contributed by atoms with Crippen LogP contribution in [0.4, 0.5) is 5.69 Å². The van der Waals surface area contributed by atoms with Gasteiger partial charge in [-0.3, -0.25) is 9.59 Å². The van der Waals surface area contributed by atoms with Crippen LogP contribution in [0, 0.1) is 5.92 Å². The molecule has 2 rings (SSSR count). The van der Waals surface area contributed by atoms with Crippen LogP contribution in [0.5, 0.6) is 5.75 Å². The van der Waals surface area contributed by atoms with Crippen molar-refractivity contribution in [3.05, 3.63) is 23.2 Å². The predicted octanol–water partition coefficient (Wildman–Crippen LogP) is 3.73. The number of methoxy groups -OCH3 is 1. The van der Waals surface area contributed by atoms with Gasteiger partial charge in [0.25, 0.3) is 5.91 Å². The maximum absolute atomic E-state index is 12.5. The van der Waals surface area contributed by atoms with E-state index >= 15 is 0 Å². The molecule has 1 aliphatic rings. The number of benzene rings is 1. The van der Waals surface area contributed by atoms with E-state index in [1.807, 2.05) is 0 Å². The molecule has 1 fully saturated rings. The molecule has 0 radical (unpaired) electrons. The Morgan fingerprint density at radius 3 is 2.78 bits per heavy atom. The molecule has 1 N–H and O–H groups in total. The van der Waals surface area contributed by atoms with Gasteiger partial charge < -0.3 is 19.7 Å². The average Bonchev–Trinajstić information content (AvgIpc) is 2.61. The van der Waals surface area contributed by atoms with Crippen molar-refractivity contribution in [3.63, 3.8) is 0 Å². The molecule has 1 aromatic carbocycles. The number of nitrogens with one attached hydrogen (secondary N) is 1. The zero-order chi connectivity index (χ0) is 20.0. The first-order chi connectivity index (χ1) is 12.8. The first kappa shape index (κ1) is 21.5. The van der Waals surface area contributed by atoms with E-state index in [1.165, 1.54) is 18.4 Å². The fourth-order valence-electron chi connectivity index (χ4n) is 3.42. The predicted molar refractivity (Wildman–Crippen MR) is 106 cm³/mol. The molecular formula is C20H29ClN2O4. The van der Waals surface area contributed by atoms with Gasteiger partial charge in [-0.15, -0.1) is 0 Å².